The van der Waals surface area contributed by atoms with Gasteiger partial charge in [0.05, 0.1) is 0 Å². The van der Waals surface area contributed by atoms with Crippen LogP contribution in [0.15, 0.2) is 30.5 Å². The van der Waals surface area contributed by atoms with Gasteiger partial charge in [0, 0.05) is 24.5 Å². The van der Waals surface area contributed by atoms with Gasteiger partial charge in [0.2, 0.25) is 12.7 Å². The fraction of sp³-hybridized carbons (Fsp3) is 0.267. The highest BCUT2D eigenvalue weighted by molar-refractivity contribution is 5.92. The van der Waals surface area contributed by atoms with Crippen LogP contribution in [0.1, 0.15) is 23.8 Å². The summed E-state index contributed by atoms with van der Waals surface area (Å²) in [6.45, 7) is 2.84. The lowest BCUT2D eigenvalue weighted by molar-refractivity contribution is 0.0948. The lowest BCUT2D eigenvalue weighted by atomic mass is 10.3. The van der Waals surface area contributed by atoms with E-state index in [2.05, 4.69) is 20.6 Å². The predicted molar refractivity (Wildman–Crippen MR) is 80.5 cm³/mol. The molecule has 22 heavy (non-hydrogen) atoms. The second-order valence-corrected chi connectivity index (χ2v) is 4.71. The SMILES string of the molecule is CCCNC(=O)c1ccnc(Nc2ccc3c(c2)OCO3)n1. The van der Waals surface area contributed by atoms with Crippen LogP contribution in [0.25, 0.3) is 0 Å². The fourth-order valence-electron chi connectivity index (χ4n) is 1.98. The molecular weight excluding hydrogens is 284 g/mol. The van der Waals surface area contributed by atoms with Gasteiger partial charge in [-0.15, -0.1) is 0 Å². The van der Waals surface area contributed by atoms with Crippen molar-refractivity contribution in [3.05, 3.63) is 36.2 Å². The molecule has 114 valence electrons. The second-order valence-electron chi connectivity index (χ2n) is 4.71. The van der Waals surface area contributed by atoms with Gasteiger partial charge in [0.1, 0.15) is 5.69 Å². The van der Waals surface area contributed by atoms with E-state index in [1.165, 1.54) is 0 Å². The maximum atomic E-state index is 11.9. The lowest BCUT2D eigenvalue weighted by Crippen LogP contribution is -2.25. The molecule has 0 saturated heterocycles. The summed E-state index contributed by atoms with van der Waals surface area (Å²) in [6, 6.07) is 7.02. The van der Waals surface area contributed by atoms with Gasteiger partial charge in [-0.3, -0.25) is 4.79 Å². The first-order valence-corrected chi connectivity index (χ1v) is 7.04. The Morgan fingerprint density at radius 2 is 2.14 bits per heavy atom. The van der Waals surface area contributed by atoms with Crippen LogP contribution < -0.4 is 20.1 Å². The maximum Gasteiger partial charge on any atom is 0.270 e. The van der Waals surface area contributed by atoms with Crippen LogP contribution in [0.5, 0.6) is 11.5 Å². The van der Waals surface area contributed by atoms with Crippen LogP contribution >= 0.6 is 0 Å². The van der Waals surface area contributed by atoms with E-state index < -0.39 is 0 Å². The maximum absolute atomic E-state index is 11.9. The molecule has 7 heteroatoms. The van der Waals surface area contributed by atoms with Gasteiger partial charge in [-0.2, -0.15) is 0 Å². The Morgan fingerprint density at radius 1 is 1.27 bits per heavy atom. The number of rotatable bonds is 5. The number of amides is 1. The molecular formula is C15H16N4O3. The van der Waals surface area contributed by atoms with Crippen molar-refractivity contribution in [2.45, 2.75) is 13.3 Å². The third kappa shape index (κ3) is 3.08. The van der Waals surface area contributed by atoms with Gasteiger partial charge in [-0.1, -0.05) is 6.92 Å². The number of anilines is 2. The van der Waals surface area contributed by atoms with Crippen molar-refractivity contribution >= 4 is 17.5 Å². The minimum absolute atomic E-state index is 0.210. The van der Waals surface area contributed by atoms with Crippen molar-refractivity contribution in [3.63, 3.8) is 0 Å². The van der Waals surface area contributed by atoms with Crippen molar-refractivity contribution in [1.82, 2.24) is 15.3 Å². The molecule has 0 spiro atoms. The van der Waals surface area contributed by atoms with E-state index in [0.717, 1.165) is 12.1 Å². The lowest BCUT2D eigenvalue weighted by Gasteiger charge is -2.07. The molecule has 0 bridgehead atoms. The molecule has 1 aliphatic heterocycles. The number of benzene rings is 1. The van der Waals surface area contributed by atoms with Gasteiger partial charge in [0.15, 0.2) is 11.5 Å². The largest absolute Gasteiger partial charge is 0.454 e. The van der Waals surface area contributed by atoms with Crippen LogP contribution in [0.3, 0.4) is 0 Å². The van der Waals surface area contributed by atoms with E-state index in [1.807, 2.05) is 19.1 Å². The molecule has 2 heterocycles. The van der Waals surface area contributed by atoms with Crippen molar-refractivity contribution in [3.8, 4) is 11.5 Å². The number of nitrogens with zero attached hydrogens (tertiary/aromatic N) is 2. The summed E-state index contributed by atoms with van der Waals surface area (Å²) in [5.41, 5.74) is 1.09. The second kappa shape index (κ2) is 6.30. The van der Waals surface area contributed by atoms with E-state index >= 15 is 0 Å². The van der Waals surface area contributed by atoms with E-state index in [0.29, 0.717) is 29.7 Å². The van der Waals surface area contributed by atoms with Gasteiger partial charge in [-0.05, 0) is 24.6 Å². The molecule has 0 atom stereocenters. The Labute approximate surface area is 127 Å². The first kappa shape index (κ1) is 14.1. The van der Waals surface area contributed by atoms with Gasteiger partial charge < -0.3 is 20.1 Å². The molecule has 0 saturated carbocycles. The zero-order chi connectivity index (χ0) is 15.4. The number of aromatic nitrogens is 2. The highest BCUT2D eigenvalue weighted by Gasteiger charge is 2.14. The van der Waals surface area contributed by atoms with Gasteiger partial charge >= 0.3 is 0 Å². The number of hydrogen-bond donors (Lipinski definition) is 2. The monoisotopic (exact) mass is 300 g/mol. The van der Waals surface area contributed by atoms with Gasteiger partial charge in [0.25, 0.3) is 5.91 Å². The third-order valence-electron chi connectivity index (χ3n) is 3.05. The normalized spacial score (nSPS) is 12.0. The third-order valence-corrected chi connectivity index (χ3v) is 3.05. The molecule has 1 amide bonds. The highest BCUT2D eigenvalue weighted by atomic mass is 16.7. The van der Waals surface area contributed by atoms with Crippen molar-refractivity contribution in [1.29, 1.82) is 0 Å². The van der Waals surface area contributed by atoms with Crippen LogP contribution in [-0.4, -0.2) is 29.2 Å². The number of hydrogen-bond acceptors (Lipinski definition) is 6. The fourth-order valence-corrected chi connectivity index (χ4v) is 1.98. The summed E-state index contributed by atoms with van der Waals surface area (Å²) in [4.78, 5) is 20.2. The molecule has 0 radical (unpaired) electrons. The summed E-state index contributed by atoms with van der Waals surface area (Å²) >= 11 is 0. The molecule has 0 unspecified atom stereocenters. The summed E-state index contributed by atoms with van der Waals surface area (Å²) in [6.07, 6.45) is 2.42. The van der Waals surface area contributed by atoms with Crippen molar-refractivity contribution in [2.75, 3.05) is 18.7 Å². The minimum Gasteiger partial charge on any atom is -0.454 e. The zero-order valence-corrected chi connectivity index (χ0v) is 12.1. The van der Waals surface area contributed by atoms with Crippen molar-refractivity contribution < 1.29 is 14.3 Å². The Kier molecular flexibility index (Phi) is 4.04. The molecule has 7 nitrogen and oxygen atoms in total. The van der Waals surface area contributed by atoms with Crippen LogP contribution in [-0.2, 0) is 0 Å². The highest BCUT2D eigenvalue weighted by Crippen LogP contribution is 2.34. The topological polar surface area (TPSA) is 85.4 Å². The molecule has 2 aromatic rings. The molecule has 0 aliphatic carbocycles. The van der Waals surface area contributed by atoms with Crippen LogP contribution in [0.4, 0.5) is 11.6 Å². The van der Waals surface area contributed by atoms with Crippen LogP contribution in [0, 0.1) is 0 Å². The smallest absolute Gasteiger partial charge is 0.270 e. The Morgan fingerprint density at radius 3 is 3.00 bits per heavy atom. The first-order valence-electron chi connectivity index (χ1n) is 7.04. The minimum atomic E-state index is -0.210. The average molecular weight is 300 g/mol. The van der Waals surface area contributed by atoms with Gasteiger partial charge in [-0.25, -0.2) is 9.97 Å². The molecule has 0 fully saturated rings. The summed E-state index contributed by atoms with van der Waals surface area (Å²) in [7, 11) is 0. The average Bonchev–Trinajstić information content (AvgIpc) is 3.00. The van der Waals surface area contributed by atoms with E-state index in [1.54, 1.807) is 18.3 Å². The molecule has 1 aromatic carbocycles. The van der Waals surface area contributed by atoms with Crippen molar-refractivity contribution in [2.24, 2.45) is 0 Å². The summed E-state index contributed by atoms with van der Waals surface area (Å²) in [5, 5.41) is 5.83. The summed E-state index contributed by atoms with van der Waals surface area (Å²) in [5.74, 6) is 1.52. The Hall–Kier alpha value is -2.83. The number of carbonyl (C=O) groups excluding carboxylic acids is 1. The van der Waals surface area contributed by atoms with Crippen LogP contribution in [0.2, 0.25) is 0 Å². The van der Waals surface area contributed by atoms with E-state index in [4.69, 9.17) is 9.47 Å². The summed E-state index contributed by atoms with van der Waals surface area (Å²) < 4.78 is 10.6. The number of carbonyl (C=O) groups is 1. The Balaban J connectivity index is 1.74. The van der Waals surface area contributed by atoms with E-state index in [-0.39, 0.29) is 12.7 Å². The number of ether oxygens (including phenoxy) is 2. The Bertz CT molecular complexity index is 690. The molecule has 1 aliphatic rings. The quantitative estimate of drug-likeness (QED) is 0.879. The number of nitrogens with one attached hydrogen (secondary N) is 2. The predicted octanol–water partition coefficient (Wildman–Crippen LogP) is 2.09. The van der Waals surface area contributed by atoms with E-state index in [9.17, 15) is 4.79 Å². The number of fused-ring (bicyclic) bond motifs is 1. The molecule has 2 N–H and O–H groups in total. The standard InChI is InChI=1S/C15H16N4O3/c1-2-6-16-14(20)11-5-7-17-15(19-11)18-10-3-4-12-13(8-10)22-9-21-12/h3-5,7-8H,2,6,9H2,1H3,(H,16,20)(H,17,18,19). The zero-order valence-electron chi connectivity index (χ0n) is 12.1. The first-order chi connectivity index (χ1) is 10.8. The molecule has 1 aromatic heterocycles. The molecule has 3 rings (SSSR count).